The number of thiazole rings is 1. The van der Waals surface area contributed by atoms with Crippen LogP contribution in [0.3, 0.4) is 0 Å². The molecule has 0 atom stereocenters. The maximum absolute atomic E-state index is 11.5. The lowest BCUT2D eigenvalue weighted by Gasteiger charge is -2.08. The molecule has 0 spiro atoms. The van der Waals surface area contributed by atoms with Crippen LogP contribution in [0.2, 0.25) is 0 Å². The highest BCUT2D eigenvalue weighted by molar-refractivity contribution is 7.80. The third kappa shape index (κ3) is 3.39. The summed E-state index contributed by atoms with van der Waals surface area (Å²) in [6, 6.07) is 4.93. The Bertz CT molecular complexity index is 637. The maximum Gasteiger partial charge on any atom is 0.228 e. The Kier molecular flexibility index (Phi) is 3.96. The van der Waals surface area contributed by atoms with Crippen LogP contribution in [0.5, 0.6) is 5.75 Å². The monoisotopic (exact) mass is 295 g/mol. The van der Waals surface area contributed by atoms with Gasteiger partial charge in [0.15, 0.2) is 10.2 Å². The number of phenols is 1. The minimum atomic E-state index is -0.142. The topological polar surface area (TPSA) is 74.2 Å². The quantitative estimate of drug-likeness (QED) is 0.742. The Labute approximate surface area is 119 Å². The Balaban J connectivity index is 2.09. The zero-order chi connectivity index (χ0) is 14.0. The molecule has 1 aromatic heterocycles. The number of aromatic nitrogens is 1. The van der Waals surface area contributed by atoms with Crippen molar-refractivity contribution in [1.82, 2.24) is 10.3 Å². The first-order valence-corrected chi connectivity index (χ1v) is 6.89. The molecular weight excluding hydrogens is 282 g/mol. The molecule has 1 amide bonds. The second-order valence-electron chi connectivity index (χ2n) is 4.27. The molecular formula is C12H13N3O2S2. The summed E-state index contributed by atoms with van der Waals surface area (Å²) in [5, 5.41) is 15.6. The molecule has 0 saturated heterocycles. The molecule has 3 N–H and O–H groups in total. The number of nitrogens with one attached hydrogen (secondary N) is 2. The van der Waals surface area contributed by atoms with Gasteiger partial charge in [0, 0.05) is 5.92 Å². The maximum atomic E-state index is 11.5. The van der Waals surface area contributed by atoms with Crippen molar-refractivity contribution < 1.29 is 9.90 Å². The van der Waals surface area contributed by atoms with E-state index >= 15 is 0 Å². The first-order valence-electron chi connectivity index (χ1n) is 5.67. The Morgan fingerprint density at radius 1 is 1.47 bits per heavy atom. The van der Waals surface area contributed by atoms with Crippen LogP contribution in [0.4, 0.5) is 5.13 Å². The molecule has 0 unspecified atom stereocenters. The normalized spacial score (nSPS) is 10.7. The fourth-order valence-electron chi connectivity index (χ4n) is 1.35. The SMILES string of the molecule is CC(C)C(=O)NC(=S)Nc1nc2ccc(O)cc2s1. The van der Waals surface area contributed by atoms with Gasteiger partial charge in [0.1, 0.15) is 5.75 Å². The van der Waals surface area contributed by atoms with Gasteiger partial charge >= 0.3 is 0 Å². The van der Waals surface area contributed by atoms with E-state index in [1.54, 1.807) is 32.0 Å². The van der Waals surface area contributed by atoms with Crippen molar-refractivity contribution in [3.05, 3.63) is 18.2 Å². The molecule has 0 aliphatic heterocycles. The van der Waals surface area contributed by atoms with Gasteiger partial charge in [-0.3, -0.25) is 4.79 Å². The number of hydrogen-bond acceptors (Lipinski definition) is 5. The molecule has 0 saturated carbocycles. The van der Waals surface area contributed by atoms with Crippen LogP contribution in [0.25, 0.3) is 10.2 Å². The van der Waals surface area contributed by atoms with E-state index in [4.69, 9.17) is 12.2 Å². The zero-order valence-corrected chi connectivity index (χ0v) is 12.1. The number of hydrogen-bond donors (Lipinski definition) is 3. The van der Waals surface area contributed by atoms with Gasteiger partial charge in [0.25, 0.3) is 0 Å². The zero-order valence-electron chi connectivity index (χ0n) is 10.4. The number of amides is 1. The molecule has 2 aromatic rings. The largest absolute Gasteiger partial charge is 0.508 e. The van der Waals surface area contributed by atoms with Crippen molar-refractivity contribution in [2.45, 2.75) is 13.8 Å². The summed E-state index contributed by atoms with van der Waals surface area (Å²) in [7, 11) is 0. The van der Waals surface area contributed by atoms with Crippen LogP contribution < -0.4 is 10.6 Å². The Morgan fingerprint density at radius 2 is 2.21 bits per heavy atom. The molecule has 1 heterocycles. The third-order valence-corrected chi connectivity index (χ3v) is 3.49. The van der Waals surface area contributed by atoms with E-state index in [0.29, 0.717) is 5.13 Å². The predicted molar refractivity (Wildman–Crippen MR) is 80.5 cm³/mol. The van der Waals surface area contributed by atoms with E-state index in [2.05, 4.69) is 15.6 Å². The molecule has 5 nitrogen and oxygen atoms in total. The van der Waals surface area contributed by atoms with Gasteiger partial charge in [-0.15, -0.1) is 0 Å². The van der Waals surface area contributed by atoms with Gasteiger partial charge in [-0.1, -0.05) is 25.2 Å². The van der Waals surface area contributed by atoms with Gasteiger partial charge in [-0.05, 0) is 30.4 Å². The molecule has 0 bridgehead atoms. The summed E-state index contributed by atoms with van der Waals surface area (Å²) < 4.78 is 0.848. The lowest BCUT2D eigenvalue weighted by atomic mass is 10.2. The van der Waals surface area contributed by atoms with Crippen LogP contribution in [-0.2, 0) is 4.79 Å². The van der Waals surface area contributed by atoms with Crippen molar-refractivity contribution >= 4 is 49.9 Å². The number of rotatable bonds is 2. The Morgan fingerprint density at radius 3 is 2.89 bits per heavy atom. The highest BCUT2D eigenvalue weighted by atomic mass is 32.1. The number of carbonyl (C=O) groups is 1. The minimum Gasteiger partial charge on any atom is -0.508 e. The smallest absolute Gasteiger partial charge is 0.228 e. The minimum absolute atomic E-state index is 0.132. The van der Waals surface area contributed by atoms with Crippen molar-refractivity contribution in [2.24, 2.45) is 5.92 Å². The van der Waals surface area contributed by atoms with Gasteiger partial charge < -0.3 is 15.7 Å². The molecule has 2 rings (SSSR count). The lowest BCUT2D eigenvalue weighted by molar-refractivity contribution is -0.122. The van der Waals surface area contributed by atoms with E-state index in [0.717, 1.165) is 10.2 Å². The number of anilines is 1. The van der Waals surface area contributed by atoms with Gasteiger partial charge in [0.2, 0.25) is 5.91 Å². The predicted octanol–water partition coefficient (Wildman–Crippen LogP) is 2.47. The molecule has 1 aromatic carbocycles. The number of aromatic hydroxyl groups is 1. The summed E-state index contributed by atoms with van der Waals surface area (Å²) in [6.07, 6.45) is 0. The van der Waals surface area contributed by atoms with Crippen LogP contribution in [0.15, 0.2) is 18.2 Å². The van der Waals surface area contributed by atoms with E-state index in [1.807, 2.05) is 0 Å². The number of fused-ring (bicyclic) bond motifs is 1. The van der Waals surface area contributed by atoms with Gasteiger partial charge in [-0.25, -0.2) is 4.98 Å². The number of phenolic OH excluding ortho intramolecular Hbond substituents is 1. The molecule has 19 heavy (non-hydrogen) atoms. The van der Waals surface area contributed by atoms with Crippen LogP contribution in [0.1, 0.15) is 13.8 Å². The van der Waals surface area contributed by atoms with E-state index in [1.165, 1.54) is 11.3 Å². The molecule has 0 radical (unpaired) electrons. The average Bonchev–Trinajstić information content (AvgIpc) is 2.69. The standard InChI is InChI=1S/C12H13N3O2S2/c1-6(2)10(17)14-11(18)15-12-13-8-4-3-7(16)5-9(8)19-12/h3-6,16H,1-2H3,(H2,13,14,15,17,18). The second-order valence-corrected chi connectivity index (χ2v) is 5.71. The van der Waals surface area contributed by atoms with E-state index in [9.17, 15) is 9.90 Å². The van der Waals surface area contributed by atoms with Crippen LogP contribution >= 0.6 is 23.6 Å². The van der Waals surface area contributed by atoms with E-state index in [-0.39, 0.29) is 22.7 Å². The molecule has 0 aliphatic carbocycles. The van der Waals surface area contributed by atoms with Crippen molar-refractivity contribution in [3.8, 4) is 5.75 Å². The molecule has 100 valence electrons. The fraction of sp³-hybridized carbons (Fsp3) is 0.250. The first-order chi connectivity index (χ1) is 8.95. The van der Waals surface area contributed by atoms with Gasteiger partial charge in [0.05, 0.1) is 10.2 Å². The molecule has 7 heteroatoms. The van der Waals surface area contributed by atoms with E-state index < -0.39 is 0 Å². The van der Waals surface area contributed by atoms with Crippen molar-refractivity contribution in [2.75, 3.05) is 5.32 Å². The number of thiocarbonyl (C=S) groups is 1. The summed E-state index contributed by atoms with van der Waals surface area (Å²) in [4.78, 5) is 15.8. The van der Waals surface area contributed by atoms with Crippen molar-refractivity contribution in [3.63, 3.8) is 0 Å². The fourth-order valence-corrected chi connectivity index (χ4v) is 2.52. The number of carbonyl (C=O) groups excluding carboxylic acids is 1. The summed E-state index contributed by atoms with van der Waals surface area (Å²) in [5.74, 6) is -0.0818. The van der Waals surface area contributed by atoms with Crippen molar-refractivity contribution in [1.29, 1.82) is 0 Å². The van der Waals surface area contributed by atoms with Gasteiger partial charge in [-0.2, -0.15) is 0 Å². The molecule has 0 fully saturated rings. The Hall–Kier alpha value is -1.73. The molecule has 0 aliphatic rings. The van der Waals surface area contributed by atoms with Crippen LogP contribution in [-0.4, -0.2) is 21.1 Å². The average molecular weight is 295 g/mol. The highest BCUT2D eigenvalue weighted by Crippen LogP contribution is 2.28. The summed E-state index contributed by atoms with van der Waals surface area (Å²) >= 11 is 6.39. The third-order valence-electron chi connectivity index (χ3n) is 2.35. The summed E-state index contributed by atoms with van der Waals surface area (Å²) in [6.45, 7) is 3.58. The number of benzene rings is 1. The second kappa shape index (κ2) is 5.50. The van der Waals surface area contributed by atoms with Crippen LogP contribution in [0, 0.1) is 5.92 Å². The highest BCUT2D eigenvalue weighted by Gasteiger charge is 2.10. The first kappa shape index (κ1) is 13.7. The number of nitrogens with zero attached hydrogens (tertiary/aromatic N) is 1. The lowest BCUT2D eigenvalue weighted by Crippen LogP contribution is -2.36. The summed E-state index contributed by atoms with van der Waals surface area (Å²) in [5.41, 5.74) is 0.767.